The summed E-state index contributed by atoms with van der Waals surface area (Å²) in [6.07, 6.45) is 2.15. The topological polar surface area (TPSA) is 38.7 Å². The number of nitrogens with zero attached hydrogens (tertiary/aromatic N) is 2. The molecule has 1 rings (SSSR count). The van der Waals surface area contributed by atoms with Crippen LogP contribution in [0.5, 0.6) is 0 Å². The van der Waals surface area contributed by atoms with Gasteiger partial charge in [0.15, 0.2) is 0 Å². The third-order valence-electron chi connectivity index (χ3n) is 4.12. The van der Waals surface area contributed by atoms with Crippen molar-refractivity contribution >= 4 is 0 Å². The summed E-state index contributed by atoms with van der Waals surface area (Å²) in [6, 6.07) is 0. The molecule has 2 atom stereocenters. The van der Waals surface area contributed by atoms with Crippen molar-refractivity contribution in [2.75, 3.05) is 54.4 Å². The molecule has 0 aliphatic heterocycles. The van der Waals surface area contributed by atoms with Gasteiger partial charge in [-0.25, -0.2) is 0 Å². The Hall–Kier alpha value is -0.160. The maximum Gasteiger partial charge on any atom is 0.0621 e. The maximum absolute atomic E-state index is 10.6. The van der Waals surface area contributed by atoms with E-state index in [1.165, 1.54) is 0 Å². The van der Waals surface area contributed by atoms with E-state index >= 15 is 0 Å². The molecule has 0 aromatic carbocycles. The van der Waals surface area contributed by atoms with Gasteiger partial charge >= 0.3 is 0 Å². The van der Waals surface area contributed by atoms with Crippen LogP contribution in [0.3, 0.4) is 0 Å². The van der Waals surface area contributed by atoms with Gasteiger partial charge in [0, 0.05) is 13.1 Å². The first-order valence-corrected chi connectivity index (χ1v) is 7.62. The molecule has 2 unspecified atom stereocenters. The van der Waals surface area contributed by atoms with E-state index < -0.39 is 0 Å². The summed E-state index contributed by atoms with van der Waals surface area (Å²) in [7, 11) is 8.40. The zero-order chi connectivity index (χ0) is 14.4. The standard InChI is InChI=1S/C15H33N3O/c1-6-16-9-12-7-13(10-17(2)3)15(19)14(8-12)11-18(4)5/h12-16,19H,6-11H2,1-5H3. The Morgan fingerprint density at radius 3 is 1.84 bits per heavy atom. The zero-order valence-corrected chi connectivity index (χ0v) is 13.4. The minimum Gasteiger partial charge on any atom is -0.392 e. The molecule has 1 aliphatic rings. The summed E-state index contributed by atoms with van der Waals surface area (Å²) in [5.41, 5.74) is 0. The number of aliphatic hydroxyl groups excluding tert-OH is 1. The summed E-state index contributed by atoms with van der Waals surface area (Å²) in [5, 5.41) is 14.1. The van der Waals surface area contributed by atoms with Gasteiger partial charge in [-0.3, -0.25) is 0 Å². The SMILES string of the molecule is CCNCC1CC(CN(C)C)C(O)C(CN(C)C)C1. The van der Waals surface area contributed by atoms with Gasteiger partial charge in [-0.1, -0.05) is 6.92 Å². The predicted octanol–water partition coefficient (Wildman–Crippen LogP) is 0.722. The van der Waals surface area contributed by atoms with E-state index in [1.807, 2.05) is 0 Å². The number of rotatable bonds is 7. The molecule has 0 saturated heterocycles. The Bertz CT molecular complexity index is 226. The molecule has 0 aromatic heterocycles. The molecule has 0 amide bonds. The molecular formula is C15H33N3O. The second-order valence-corrected chi connectivity index (χ2v) is 6.68. The second kappa shape index (κ2) is 8.20. The van der Waals surface area contributed by atoms with Crippen LogP contribution in [-0.4, -0.2) is 75.4 Å². The first kappa shape index (κ1) is 16.9. The third-order valence-corrected chi connectivity index (χ3v) is 4.12. The lowest BCUT2D eigenvalue weighted by Crippen LogP contribution is -2.46. The van der Waals surface area contributed by atoms with Crippen LogP contribution in [0.4, 0.5) is 0 Å². The Kier molecular flexibility index (Phi) is 7.29. The highest BCUT2D eigenvalue weighted by atomic mass is 16.3. The summed E-state index contributed by atoms with van der Waals surface area (Å²) in [4.78, 5) is 4.41. The molecule has 4 heteroatoms. The fourth-order valence-corrected chi connectivity index (χ4v) is 3.43. The summed E-state index contributed by atoms with van der Waals surface area (Å²) in [5.74, 6) is 1.54. The molecule has 0 aromatic rings. The average molecular weight is 271 g/mol. The van der Waals surface area contributed by atoms with Gasteiger partial charge < -0.3 is 20.2 Å². The minimum absolute atomic E-state index is 0.150. The Morgan fingerprint density at radius 1 is 1.00 bits per heavy atom. The third kappa shape index (κ3) is 5.78. The van der Waals surface area contributed by atoms with E-state index in [1.54, 1.807) is 0 Å². The fraction of sp³-hybridized carbons (Fsp3) is 1.00. The van der Waals surface area contributed by atoms with E-state index in [0.717, 1.165) is 39.0 Å². The van der Waals surface area contributed by atoms with Gasteiger partial charge in [0.2, 0.25) is 0 Å². The van der Waals surface area contributed by atoms with Crippen molar-refractivity contribution in [2.45, 2.75) is 25.9 Å². The first-order chi connectivity index (χ1) is 8.93. The van der Waals surface area contributed by atoms with Crippen LogP contribution < -0.4 is 5.32 Å². The Balaban J connectivity index is 2.63. The van der Waals surface area contributed by atoms with Gasteiger partial charge in [0.05, 0.1) is 6.10 Å². The maximum atomic E-state index is 10.6. The summed E-state index contributed by atoms with van der Waals surface area (Å²) in [6.45, 7) is 6.28. The van der Waals surface area contributed by atoms with Gasteiger partial charge in [0.25, 0.3) is 0 Å². The molecule has 0 heterocycles. The molecule has 114 valence electrons. The van der Waals surface area contributed by atoms with Crippen LogP contribution in [0.25, 0.3) is 0 Å². The van der Waals surface area contributed by atoms with Crippen molar-refractivity contribution in [3.63, 3.8) is 0 Å². The minimum atomic E-state index is -0.150. The Labute approximate surface area is 119 Å². The highest BCUT2D eigenvalue weighted by molar-refractivity contribution is 4.88. The number of hydrogen-bond acceptors (Lipinski definition) is 4. The van der Waals surface area contributed by atoms with Crippen molar-refractivity contribution < 1.29 is 5.11 Å². The fourth-order valence-electron chi connectivity index (χ4n) is 3.43. The summed E-state index contributed by atoms with van der Waals surface area (Å²) >= 11 is 0. The van der Waals surface area contributed by atoms with E-state index in [-0.39, 0.29) is 6.10 Å². The smallest absolute Gasteiger partial charge is 0.0621 e. The van der Waals surface area contributed by atoms with E-state index in [0.29, 0.717) is 17.8 Å². The lowest BCUT2D eigenvalue weighted by Gasteiger charge is -2.41. The first-order valence-electron chi connectivity index (χ1n) is 7.62. The molecule has 19 heavy (non-hydrogen) atoms. The van der Waals surface area contributed by atoms with Crippen molar-refractivity contribution in [2.24, 2.45) is 17.8 Å². The molecule has 0 radical (unpaired) electrons. The number of aliphatic hydroxyl groups is 1. The summed E-state index contributed by atoms with van der Waals surface area (Å²) < 4.78 is 0. The van der Waals surface area contributed by atoms with E-state index in [4.69, 9.17) is 0 Å². The van der Waals surface area contributed by atoms with Crippen LogP contribution in [0.2, 0.25) is 0 Å². The lowest BCUT2D eigenvalue weighted by molar-refractivity contribution is -0.0210. The largest absolute Gasteiger partial charge is 0.392 e. The van der Waals surface area contributed by atoms with Gasteiger partial charge in [-0.15, -0.1) is 0 Å². The molecule has 1 aliphatic carbocycles. The highest BCUT2D eigenvalue weighted by Gasteiger charge is 2.36. The number of nitrogens with one attached hydrogen (secondary N) is 1. The normalized spacial score (nSPS) is 32.2. The van der Waals surface area contributed by atoms with Gasteiger partial charge in [0.1, 0.15) is 0 Å². The molecule has 2 N–H and O–H groups in total. The van der Waals surface area contributed by atoms with Crippen LogP contribution in [0, 0.1) is 17.8 Å². The number of hydrogen-bond donors (Lipinski definition) is 2. The van der Waals surface area contributed by atoms with Crippen molar-refractivity contribution in [3.05, 3.63) is 0 Å². The van der Waals surface area contributed by atoms with Crippen LogP contribution in [-0.2, 0) is 0 Å². The van der Waals surface area contributed by atoms with Crippen LogP contribution >= 0.6 is 0 Å². The van der Waals surface area contributed by atoms with E-state index in [2.05, 4.69) is 50.2 Å². The highest BCUT2D eigenvalue weighted by Crippen LogP contribution is 2.34. The van der Waals surface area contributed by atoms with Crippen molar-refractivity contribution in [1.29, 1.82) is 0 Å². The van der Waals surface area contributed by atoms with Crippen molar-refractivity contribution in [1.82, 2.24) is 15.1 Å². The quantitative estimate of drug-likeness (QED) is 0.716. The van der Waals surface area contributed by atoms with Crippen LogP contribution in [0.15, 0.2) is 0 Å². The van der Waals surface area contributed by atoms with E-state index in [9.17, 15) is 5.11 Å². The molecular weight excluding hydrogens is 238 g/mol. The molecule has 0 bridgehead atoms. The monoisotopic (exact) mass is 271 g/mol. The molecule has 4 nitrogen and oxygen atoms in total. The predicted molar refractivity (Wildman–Crippen MR) is 81.4 cm³/mol. The Morgan fingerprint density at radius 2 is 1.47 bits per heavy atom. The average Bonchev–Trinajstić information content (AvgIpc) is 2.30. The second-order valence-electron chi connectivity index (χ2n) is 6.68. The van der Waals surface area contributed by atoms with Gasteiger partial charge in [-0.05, 0) is 71.9 Å². The van der Waals surface area contributed by atoms with Crippen molar-refractivity contribution in [3.8, 4) is 0 Å². The molecule has 0 spiro atoms. The van der Waals surface area contributed by atoms with Crippen LogP contribution in [0.1, 0.15) is 19.8 Å². The van der Waals surface area contributed by atoms with Gasteiger partial charge in [-0.2, -0.15) is 0 Å². The lowest BCUT2D eigenvalue weighted by atomic mass is 9.72. The molecule has 1 fully saturated rings. The molecule has 1 saturated carbocycles. The zero-order valence-electron chi connectivity index (χ0n) is 13.4.